The quantitative estimate of drug-likeness (QED) is 0.156. The molecule has 4 heterocycles. The molecule has 9 aromatic carbocycles. The van der Waals surface area contributed by atoms with Gasteiger partial charge >= 0.3 is 0 Å². The van der Waals surface area contributed by atoms with Crippen LogP contribution in [0.4, 0.5) is 0 Å². The van der Waals surface area contributed by atoms with Gasteiger partial charge in [0.1, 0.15) is 5.75 Å². The number of benzene rings is 9. The monoisotopic (exact) mass is 846 g/mol. The Hall–Kier alpha value is -8.14. The molecule has 0 saturated heterocycles. The molecule has 0 fully saturated rings. The van der Waals surface area contributed by atoms with Crippen molar-refractivity contribution in [2.75, 3.05) is 0 Å². The Morgan fingerprint density at radius 1 is 0.500 bits per heavy atom. The highest BCUT2D eigenvalue weighted by Crippen LogP contribution is 2.62. The van der Waals surface area contributed by atoms with Crippen LogP contribution in [0, 0.1) is 0 Å². The number of allylic oxidation sites excluding steroid dienone is 4. The molecular weight excluding hydrogens is 801 g/mol. The van der Waals surface area contributed by atoms with Gasteiger partial charge < -0.3 is 13.9 Å². The third-order valence-electron chi connectivity index (χ3n) is 14.5. The maximum absolute atomic E-state index is 7.33. The van der Waals surface area contributed by atoms with E-state index in [1.807, 2.05) is 0 Å². The fourth-order valence-electron chi connectivity index (χ4n) is 11.4. The van der Waals surface area contributed by atoms with Crippen LogP contribution in [0.3, 0.4) is 0 Å². The van der Waals surface area contributed by atoms with Gasteiger partial charge in [-0.2, -0.15) is 0 Å². The van der Waals surface area contributed by atoms with Gasteiger partial charge in [0.15, 0.2) is 5.75 Å². The van der Waals surface area contributed by atoms with Crippen molar-refractivity contribution in [2.45, 2.75) is 31.6 Å². The summed E-state index contributed by atoms with van der Waals surface area (Å²) in [6, 6.07) is 77.7. The molecule has 3 nitrogen and oxygen atoms in total. The SMILES string of the molecule is C/C(=C/C/C(=C\C(C)c1ccccc1)c1ccccc1)c1ccc(-n2c3ccccc3c3ccc4c(c32)Oc2ccccc2C42c3ccccc3-n3c4ccccc4c4cccc2c43)cc1. The first kappa shape index (κ1) is 38.3. The minimum atomic E-state index is -0.655. The number of hydrogen-bond acceptors (Lipinski definition) is 1. The molecule has 0 amide bonds. The highest BCUT2D eigenvalue weighted by atomic mass is 16.5. The average molecular weight is 847 g/mol. The number of para-hydroxylation sites is 5. The van der Waals surface area contributed by atoms with Crippen LogP contribution in [0.1, 0.15) is 65.1 Å². The minimum absolute atomic E-state index is 0.298. The number of fused-ring (bicyclic) bond motifs is 15. The maximum atomic E-state index is 7.33. The summed E-state index contributed by atoms with van der Waals surface area (Å²) in [7, 11) is 0. The summed E-state index contributed by atoms with van der Waals surface area (Å²) in [6.07, 6.45) is 5.65. The third kappa shape index (κ3) is 5.56. The minimum Gasteiger partial charge on any atom is -0.454 e. The molecule has 314 valence electrons. The first-order chi connectivity index (χ1) is 32.6. The van der Waals surface area contributed by atoms with E-state index in [4.69, 9.17) is 4.74 Å². The maximum Gasteiger partial charge on any atom is 0.156 e. The fraction of sp³-hybridized carbons (Fsp3) is 0.0794. The van der Waals surface area contributed by atoms with Gasteiger partial charge in [-0.15, -0.1) is 0 Å². The Morgan fingerprint density at radius 3 is 1.88 bits per heavy atom. The molecule has 66 heavy (non-hydrogen) atoms. The van der Waals surface area contributed by atoms with Crippen LogP contribution in [0.5, 0.6) is 11.5 Å². The lowest BCUT2D eigenvalue weighted by atomic mass is 9.61. The van der Waals surface area contributed by atoms with Crippen molar-refractivity contribution in [3.8, 4) is 22.9 Å². The van der Waals surface area contributed by atoms with E-state index < -0.39 is 5.41 Å². The molecule has 2 aromatic heterocycles. The lowest BCUT2D eigenvalue weighted by Crippen LogP contribution is -2.37. The Labute approximate surface area is 384 Å². The second kappa shape index (κ2) is 15.0. The van der Waals surface area contributed by atoms with Crippen molar-refractivity contribution in [1.82, 2.24) is 9.13 Å². The molecule has 2 unspecified atom stereocenters. The van der Waals surface area contributed by atoms with E-state index in [9.17, 15) is 0 Å². The van der Waals surface area contributed by atoms with Crippen molar-refractivity contribution < 1.29 is 4.74 Å². The van der Waals surface area contributed by atoms with Gasteiger partial charge in [0, 0.05) is 38.4 Å². The summed E-state index contributed by atoms with van der Waals surface area (Å²) < 4.78 is 12.3. The predicted molar refractivity (Wildman–Crippen MR) is 275 cm³/mol. The lowest BCUT2D eigenvalue weighted by Gasteiger charge is -2.45. The van der Waals surface area contributed by atoms with E-state index in [0.29, 0.717) is 5.92 Å². The Morgan fingerprint density at radius 2 is 1.11 bits per heavy atom. The molecule has 0 saturated carbocycles. The summed E-state index contributed by atoms with van der Waals surface area (Å²) in [5.74, 6) is 2.07. The van der Waals surface area contributed by atoms with Crippen molar-refractivity contribution in [1.29, 1.82) is 0 Å². The van der Waals surface area contributed by atoms with Crippen LogP contribution in [0.25, 0.3) is 66.1 Å². The largest absolute Gasteiger partial charge is 0.454 e. The first-order valence-corrected chi connectivity index (χ1v) is 23.1. The molecule has 0 N–H and O–H groups in total. The first-order valence-electron chi connectivity index (χ1n) is 23.1. The van der Waals surface area contributed by atoms with Crippen LogP contribution < -0.4 is 4.74 Å². The number of ether oxygens (including phenoxy) is 1. The number of hydrogen-bond donors (Lipinski definition) is 0. The fourth-order valence-corrected chi connectivity index (χ4v) is 11.4. The molecule has 0 radical (unpaired) electrons. The molecule has 1 spiro atoms. The summed E-state index contributed by atoms with van der Waals surface area (Å²) in [5.41, 5.74) is 17.5. The van der Waals surface area contributed by atoms with Gasteiger partial charge in [-0.25, -0.2) is 0 Å². The molecule has 2 atom stereocenters. The van der Waals surface area contributed by atoms with Crippen LogP contribution >= 0.6 is 0 Å². The average Bonchev–Trinajstić information content (AvgIpc) is 3.91. The van der Waals surface area contributed by atoms with E-state index in [1.54, 1.807) is 0 Å². The molecule has 0 aliphatic carbocycles. The Balaban J connectivity index is 0.985. The third-order valence-corrected chi connectivity index (χ3v) is 14.5. The van der Waals surface area contributed by atoms with E-state index in [1.165, 1.54) is 77.2 Å². The molecule has 11 aromatic rings. The van der Waals surface area contributed by atoms with Crippen LogP contribution in [0.2, 0.25) is 0 Å². The van der Waals surface area contributed by atoms with Crippen LogP contribution in [0.15, 0.2) is 224 Å². The second-order valence-corrected chi connectivity index (χ2v) is 18.0. The summed E-state index contributed by atoms with van der Waals surface area (Å²) in [5, 5.41) is 4.89. The van der Waals surface area contributed by atoms with Gasteiger partial charge in [-0.1, -0.05) is 195 Å². The molecule has 0 bridgehead atoms. The molecule has 13 rings (SSSR count). The molecular formula is C63H46N2O. The predicted octanol–water partition coefficient (Wildman–Crippen LogP) is 16.4. The van der Waals surface area contributed by atoms with Gasteiger partial charge in [0.2, 0.25) is 0 Å². The topological polar surface area (TPSA) is 19.1 Å². The van der Waals surface area contributed by atoms with E-state index in [2.05, 4.69) is 247 Å². The Kier molecular flexibility index (Phi) is 8.69. The van der Waals surface area contributed by atoms with Gasteiger partial charge in [-0.05, 0) is 94.6 Å². The molecule has 2 aliphatic rings. The zero-order valence-corrected chi connectivity index (χ0v) is 36.9. The smallest absolute Gasteiger partial charge is 0.156 e. The Bertz CT molecular complexity index is 3770. The lowest BCUT2D eigenvalue weighted by molar-refractivity contribution is 0.438. The summed E-state index contributed by atoms with van der Waals surface area (Å²) in [6.45, 7) is 4.53. The van der Waals surface area contributed by atoms with Gasteiger partial charge in [0.05, 0.1) is 33.2 Å². The highest BCUT2D eigenvalue weighted by Gasteiger charge is 2.51. The van der Waals surface area contributed by atoms with Crippen LogP contribution in [-0.2, 0) is 5.41 Å². The van der Waals surface area contributed by atoms with Gasteiger partial charge in [-0.3, -0.25) is 0 Å². The van der Waals surface area contributed by atoms with E-state index >= 15 is 0 Å². The molecule has 2 aliphatic heterocycles. The van der Waals surface area contributed by atoms with Crippen LogP contribution in [-0.4, -0.2) is 9.13 Å². The second-order valence-electron chi connectivity index (χ2n) is 18.0. The number of rotatable bonds is 7. The van der Waals surface area contributed by atoms with Crippen molar-refractivity contribution in [2.24, 2.45) is 0 Å². The zero-order chi connectivity index (χ0) is 43.9. The zero-order valence-electron chi connectivity index (χ0n) is 36.9. The molecule has 3 heteroatoms. The highest BCUT2D eigenvalue weighted by molar-refractivity contribution is 6.14. The van der Waals surface area contributed by atoms with Crippen molar-refractivity contribution in [3.05, 3.63) is 263 Å². The summed E-state index contributed by atoms with van der Waals surface area (Å²) >= 11 is 0. The van der Waals surface area contributed by atoms with Gasteiger partial charge in [0.25, 0.3) is 0 Å². The number of aromatic nitrogens is 2. The normalized spacial score (nSPS) is 15.8. The number of nitrogens with zero attached hydrogens (tertiary/aromatic N) is 2. The standard InChI is InChI=1S/C63H46N2O/c1-41(32-33-46(45-20-7-4-8-21-45)40-42(2)43-18-5-3-6-19-43)44-34-36-47(37-35-44)64-56-28-13-9-23-49(56)51-38-39-55-62(61(51)64)66-59-31-16-12-26-53(59)63(55)52-25-11-15-30-58(52)65-57-29-14-10-22-48(57)50-24-17-27-54(63)60(50)65/h3-32,34-40,42H,33H2,1-2H3/b41-32-,46-40+. The summed E-state index contributed by atoms with van der Waals surface area (Å²) in [4.78, 5) is 0. The van der Waals surface area contributed by atoms with E-state index in [0.717, 1.165) is 45.8 Å². The van der Waals surface area contributed by atoms with Crippen molar-refractivity contribution >= 4 is 54.8 Å². The van der Waals surface area contributed by atoms with E-state index in [-0.39, 0.29) is 0 Å². The van der Waals surface area contributed by atoms with Crippen molar-refractivity contribution in [3.63, 3.8) is 0 Å².